The standard InChI is InChI=1S/C19H28N4O3/c1-12-9-15(6-8-23(12)19(25)14-3-2-7-20-11-14)21-18(24)16-10-17(26-22-16)13-4-5-13/h10,12-15,20H,2-9,11H2,1H3,(H,21,24)/t12-,14?,15?/m0/s1. The molecular formula is C19H28N4O3. The molecule has 26 heavy (non-hydrogen) atoms. The van der Waals surface area contributed by atoms with E-state index in [0.717, 1.165) is 57.4 Å². The first-order valence-electron chi connectivity index (χ1n) is 9.90. The van der Waals surface area contributed by atoms with Crippen molar-refractivity contribution in [1.82, 2.24) is 20.7 Å². The fourth-order valence-electron chi connectivity index (χ4n) is 4.14. The number of rotatable bonds is 4. The molecule has 0 aromatic carbocycles. The normalized spacial score (nSPS) is 29.4. The second kappa shape index (κ2) is 7.39. The predicted octanol–water partition coefficient (Wildman–Crippen LogP) is 1.66. The van der Waals surface area contributed by atoms with Gasteiger partial charge in [0.15, 0.2) is 5.69 Å². The van der Waals surface area contributed by atoms with E-state index in [1.54, 1.807) is 6.07 Å². The highest BCUT2D eigenvalue weighted by Gasteiger charge is 2.34. The lowest BCUT2D eigenvalue weighted by molar-refractivity contribution is -0.139. The highest BCUT2D eigenvalue weighted by atomic mass is 16.5. The first kappa shape index (κ1) is 17.5. The van der Waals surface area contributed by atoms with Crippen LogP contribution < -0.4 is 10.6 Å². The summed E-state index contributed by atoms with van der Waals surface area (Å²) in [5.41, 5.74) is 0.367. The lowest BCUT2D eigenvalue weighted by atomic mass is 9.93. The average Bonchev–Trinajstić information content (AvgIpc) is 3.38. The summed E-state index contributed by atoms with van der Waals surface area (Å²) in [4.78, 5) is 27.2. The maximum Gasteiger partial charge on any atom is 0.273 e. The van der Waals surface area contributed by atoms with Crippen molar-refractivity contribution in [3.8, 4) is 0 Å². The molecule has 2 unspecified atom stereocenters. The summed E-state index contributed by atoms with van der Waals surface area (Å²) >= 11 is 0. The predicted molar refractivity (Wildman–Crippen MR) is 95.7 cm³/mol. The molecule has 7 nitrogen and oxygen atoms in total. The summed E-state index contributed by atoms with van der Waals surface area (Å²) in [6.07, 6.45) is 5.86. The first-order chi connectivity index (χ1) is 12.6. The van der Waals surface area contributed by atoms with Crippen LogP contribution in [0.2, 0.25) is 0 Å². The van der Waals surface area contributed by atoms with Crippen molar-refractivity contribution in [2.45, 2.75) is 63.5 Å². The molecule has 0 radical (unpaired) electrons. The van der Waals surface area contributed by atoms with Gasteiger partial charge in [-0.15, -0.1) is 0 Å². The minimum Gasteiger partial charge on any atom is -0.360 e. The molecule has 2 N–H and O–H groups in total. The number of amides is 2. The molecule has 2 saturated heterocycles. The van der Waals surface area contributed by atoms with Crippen molar-refractivity contribution >= 4 is 11.8 Å². The molecule has 0 bridgehead atoms. The Morgan fingerprint density at radius 2 is 2.15 bits per heavy atom. The van der Waals surface area contributed by atoms with Gasteiger partial charge in [0.1, 0.15) is 5.76 Å². The molecule has 1 saturated carbocycles. The number of likely N-dealkylation sites (tertiary alicyclic amines) is 1. The van der Waals surface area contributed by atoms with Gasteiger partial charge in [-0.25, -0.2) is 0 Å². The zero-order valence-corrected chi connectivity index (χ0v) is 15.4. The molecule has 0 spiro atoms. The van der Waals surface area contributed by atoms with Crippen LogP contribution in [-0.2, 0) is 4.79 Å². The summed E-state index contributed by atoms with van der Waals surface area (Å²) in [6.45, 7) is 4.58. The fraction of sp³-hybridized carbons (Fsp3) is 0.737. The molecule has 2 amide bonds. The number of aromatic nitrogens is 1. The van der Waals surface area contributed by atoms with Crippen molar-refractivity contribution in [2.75, 3.05) is 19.6 Å². The van der Waals surface area contributed by atoms with E-state index in [2.05, 4.69) is 22.7 Å². The fourth-order valence-corrected chi connectivity index (χ4v) is 4.14. The molecule has 3 heterocycles. The molecular weight excluding hydrogens is 332 g/mol. The smallest absolute Gasteiger partial charge is 0.273 e. The summed E-state index contributed by atoms with van der Waals surface area (Å²) in [5, 5.41) is 10.3. The Balaban J connectivity index is 1.30. The highest BCUT2D eigenvalue weighted by molar-refractivity contribution is 5.92. The van der Waals surface area contributed by atoms with E-state index in [1.807, 2.05) is 4.90 Å². The van der Waals surface area contributed by atoms with Gasteiger partial charge in [-0.2, -0.15) is 0 Å². The van der Waals surface area contributed by atoms with Crippen LogP contribution in [0.4, 0.5) is 0 Å². The molecule has 2 aliphatic heterocycles. The summed E-state index contributed by atoms with van der Waals surface area (Å²) < 4.78 is 5.27. The van der Waals surface area contributed by atoms with Gasteiger partial charge >= 0.3 is 0 Å². The Bertz CT molecular complexity index is 663. The van der Waals surface area contributed by atoms with Gasteiger partial charge in [-0.1, -0.05) is 5.16 Å². The summed E-state index contributed by atoms with van der Waals surface area (Å²) in [5.74, 6) is 1.47. The zero-order valence-electron chi connectivity index (χ0n) is 15.4. The van der Waals surface area contributed by atoms with Crippen molar-refractivity contribution in [1.29, 1.82) is 0 Å². The van der Waals surface area contributed by atoms with Crippen molar-refractivity contribution in [2.24, 2.45) is 5.92 Å². The molecule has 7 heteroatoms. The quantitative estimate of drug-likeness (QED) is 0.853. The lowest BCUT2D eigenvalue weighted by Crippen LogP contribution is -2.53. The van der Waals surface area contributed by atoms with Crippen molar-refractivity contribution in [3.63, 3.8) is 0 Å². The number of hydrogen-bond acceptors (Lipinski definition) is 5. The summed E-state index contributed by atoms with van der Waals surface area (Å²) in [6, 6.07) is 1.99. The minimum atomic E-state index is -0.172. The second-order valence-electron chi connectivity index (χ2n) is 8.01. The van der Waals surface area contributed by atoms with Gasteiger partial charge in [0.2, 0.25) is 5.91 Å². The van der Waals surface area contributed by atoms with E-state index in [9.17, 15) is 9.59 Å². The van der Waals surface area contributed by atoms with Crippen LogP contribution in [-0.4, -0.2) is 53.6 Å². The molecule has 4 rings (SSSR count). The number of nitrogens with zero attached hydrogens (tertiary/aromatic N) is 2. The number of hydrogen-bond donors (Lipinski definition) is 2. The molecule has 3 aliphatic rings. The number of piperidine rings is 2. The molecule has 1 aromatic heterocycles. The van der Waals surface area contributed by atoms with Crippen LogP contribution in [0.3, 0.4) is 0 Å². The minimum absolute atomic E-state index is 0.0760. The lowest BCUT2D eigenvalue weighted by Gasteiger charge is -2.40. The SMILES string of the molecule is C[C@H]1CC(NC(=O)c2cc(C3CC3)on2)CCN1C(=O)C1CCCNC1. The maximum atomic E-state index is 12.8. The first-order valence-corrected chi connectivity index (χ1v) is 9.90. The number of carbonyl (C=O) groups excluding carboxylic acids is 2. The third kappa shape index (κ3) is 3.77. The second-order valence-corrected chi connectivity index (χ2v) is 8.01. The van der Waals surface area contributed by atoms with Crippen LogP contribution in [0, 0.1) is 5.92 Å². The van der Waals surface area contributed by atoms with Crippen LogP contribution in [0.25, 0.3) is 0 Å². The summed E-state index contributed by atoms with van der Waals surface area (Å²) in [7, 11) is 0. The highest BCUT2D eigenvalue weighted by Crippen LogP contribution is 2.40. The molecule has 3 atom stereocenters. The Labute approximate surface area is 153 Å². The average molecular weight is 360 g/mol. The van der Waals surface area contributed by atoms with Crippen molar-refractivity contribution < 1.29 is 14.1 Å². The maximum absolute atomic E-state index is 12.8. The van der Waals surface area contributed by atoms with E-state index < -0.39 is 0 Å². The van der Waals surface area contributed by atoms with Gasteiger partial charge in [-0.05, 0) is 52.0 Å². The van der Waals surface area contributed by atoms with E-state index in [-0.39, 0.29) is 29.8 Å². The van der Waals surface area contributed by atoms with E-state index in [1.165, 1.54) is 0 Å². The number of nitrogens with one attached hydrogen (secondary N) is 2. The Hall–Kier alpha value is -1.89. The molecule has 142 valence electrons. The van der Waals surface area contributed by atoms with Gasteiger partial charge in [0.25, 0.3) is 5.91 Å². The van der Waals surface area contributed by atoms with Gasteiger partial charge in [0, 0.05) is 37.2 Å². The Morgan fingerprint density at radius 3 is 2.85 bits per heavy atom. The van der Waals surface area contributed by atoms with Crippen LogP contribution in [0.15, 0.2) is 10.6 Å². The van der Waals surface area contributed by atoms with Crippen LogP contribution >= 0.6 is 0 Å². The third-order valence-electron chi connectivity index (χ3n) is 5.88. The van der Waals surface area contributed by atoms with E-state index in [4.69, 9.17) is 4.52 Å². The zero-order chi connectivity index (χ0) is 18.1. The topological polar surface area (TPSA) is 87.5 Å². The van der Waals surface area contributed by atoms with E-state index in [0.29, 0.717) is 18.2 Å². The van der Waals surface area contributed by atoms with Crippen LogP contribution in [0.1, 0.15) is 67.6 Å². The molecule has 1 aromatic rings. The third-order valence-corrected chi connectivity index (χ3v) is 5.88. The van der Waals surface area contributed by atoms with Gasteiger partial charge in [-0.3, -0.25) is 9.59 Å². The van der Waals surface area contributed by atoms with Gasteiger partial charge < -0.3 is 20.1 Å². The Morgan fingerprint density at radius 1 is 1.31 bits per heavy atom. The largest absolute Gasteiger partial charge is 0.360 e. The Kier molecular flexibility index (Phi) is 4.98. The number of carbonyl (C=O) groups is 2. The van der Waals surface area contributed by atoms with Gasteiger partial charge in [0.05, 0.1) is 5.92 Å². The van der Waals surface area contributed by atoms with Crippen LogP contribution in [0.5, 0.6) is 0 Å². The molecule has 1 aliphatic carbocycles. The molecule has 3 fully saturated rings. The van der Waals surface area contributed by atoms with Crippen molar-refractivity contribution in [3.05, 3.63) is 17.5 Å². The monoisotopic (exact) mass is 360 g/mol. The van der Waals surface area contributed by atoms with E-state index >= 15 is 0 Å².